The zero-order valence-corrected chi connectivity index (χ0v) is 10.5. The molecule has 0 aromatic carbocycles. The standard InChI is InChI=1S/4CN.K.Pt/c4*1-2;;/q4*-1;;+4. The van der Waals surface area contributed by atoms with Gasteiger partial charge in [-0.3, -0.25) is 0 Å². The molecule has 0 bridgehead atoms. The number of rotatable bonds is 0. The molecule has 0 heterocycles. The van der Waals surface area contributed by atoms with Gasteiger partial charge in [-0.05, 0) is 0 Å². The second kappa shape index (κ2) is 7860. The van der Waals surface area contributed by atoms with Crippen molar-refractivity contribution in [2.75, 3.05) is 0 Å². The number of hydrogen-bond acceptors (Lipinski definition) is 4. The Morgan fingerprint density at radius 1 is 0.500 bits per heavy atom. The van der Waals surface area contributed by atoms with Gasteiger partial charge in [0.2, 0.25) is 0 Å². The monoisotopic (exact) mass is 338 g/mol. The molecule has 0 amide bonds. The van der Waals surface area contributed by atoms with Crippen LogP contribution in [-0.4, -0.2) is 51.4 Å². The van der Waals surface area contributed by atoms with E-state index in [1.165, 1.54) is 0 Å². The Morgan fingerprint density at radius 2 is 0.500 bits per heavy atom. The molecule has 0 aliphatic heterocycles. The first kappa shape index (κ1) is 48.3. The zero-order chi connectivity index (χ0) is 8.00. The Labute approximate surface area is 118 Å². The molecular weight excluding hydrogens is 338 g/mol. The first-order valence-corrected chi connectivity index (χ1v) is 0.894. The Morgan fingerprint density at radius 3 is 0.500 bits per heavy atom. The summed E-state index contributed by atoms with van der Waals surface area (Å²) in [4.78, 5) is 0. The van der Waals surface area contributed by atoms with Crippen LogP contribution in [0.3, 0.4) is 0 Å². The summed E-state index contributed by atoms with van der Waals surface area (Å²) < 4.78 is 0. The van der Waals surface area contributed by atoms with E-state index in [0.717, 1.165) is 0 Å². The summed E-state index contributed by atoms with van der Waals surface area (Å²) in [6, 6.07) is 0. The maximum absolute atomic E-state index is 6.25. The summed E-state index contributed by atoms with van der Waals surface area (Å²) in [7, 11) is 0. The van der Waals surface area contributed by atoms with E-state index in [2.05, 4.69) is 0 Å². The topological polar surface area (TPSA) is 95.2 Å². The minimum atomic E-state index is 0. The molecule has 0 fully saturated rings. The van der Waals surface area contributed by atoms with Crippen LogP contribution in [0.1, 0.15) is 0 Å². The third-order valence-corrected chi connectivity index (χ3v) is 0. The molecule has 10 heavy (non-hydrogen) atoms. The van der Waals surface area contributed by atoms with Crippen LogP contribution in [0, 0.1) is 47.3 Å². The predicted molar refractivity (Wildman–Crippen MR) is 25.6 cm³/mol. The minimum absolute atomic E-state index is 0. The van der Waals surface area contributed by atoms with Crippen LogP contribution < -0.4 is 0 Å². The quantitative estimate of drug-likeness (QED) is 0.459. The Kier molecular flexibility index (Phi) is 38000. The van der Waals surface area contributed by atoms with Gasteiger partial charge >= 0.3 is 21.1 Å². The van der Waals surface area contributed by atoms with Crippen molar-refractivity contribution < 1.29 is 21.1 Å². The van der Waals surface area contributed by atoms with Crippen LogP contribution in [0.4, 0.5) is 0 Å². The van der Waals surface area contributed by atoms with Crippen molar-refractivity contribution >= 4 is 51.4 Å². The Balaban J connectivity index is -0.00000000500. The van der Waals surface area contributed by atoms with Crippen molar-refractivity contribution in [3.05, 3.63) is 26.3 Å². The number of nitrogens with zero attached hydrogens (tertiary/aromatic N) is 4. The maximum atomic E-state index is 6.25. The first-order valence-electron chi connectivity index (χ1n) is 0.894. The van der Waals surface area contributed by atoms with Crippen LogP contribution in [0.5, 0.6) is 0 Å². The fourth-order valence-electron chi connectivity index (χ4n) is 0. The van der Waals surface area contributed by atoms with Gasteiger partial charge in [0.1, 0.15) is 0 Å². The van der Waals surface area contributed by atoms with Crippen LogP contribution in [0.15, 0.2) is 0 Å². The van der Waals surface area contributed by atoms with E-state index >= 15 is 0 Å². The third kappa shape index (κ3) is 5420. The van der Waals surface area contributed by atoms with Crippen LogP contribution in [0.2, 0.25) is 0 Å². The average molecular weight is 338 g/mol. The molecule has 0 aromatic heterocycles. The van der Waals surface area contributed by atoms with Gasteiger partial charge in [-0.15, -0.1) is 0 Å². The summed E-state index contributed by atoms with van der Waals surface area (Å²) in [5, 5.41) is 25.0. The second-order valence-electron chi connectivity index (χ2n) is 0. The molecule has 0 spiro atoms. The van der Waals surface area contributed by atoms with Gasteiger partial charge in [-0.2, -0.15) is 0 Å². The number of hydrogen-bond donors (Lipinski definition) is 0. The van der Waals surface area contributed by atoms with E-state index in [-0.39, 0.29) is 72.4 Å². The van der Waals surface area contributed by atoms with Crippen LogP contribution in [0.25, 0.3) is 0 Å². The summed E-state index contributed by atoms with van der Waals surface area (Å²) in [6.45, 7) is 19.0. The Bertz CT molecular complexity index is 60.2. The van der Waals surface area contributed by atoms with Crippen molar-refractivity contribution in [3.8, 4) is 0 Å². The molecule has 0 atom stereocenters. The van der Waals surface area contributed by atoms with E-state index in [0.29, 0.717) is 0 Å². The molecule has 0 aliphatic carbocycles. The van der Waals surface area contributed by atoms with E-state index < -0.39 is 0 Å². The summed E-state index contributed by atoms with van der Waals surface area (Å²) in [5.74, 6) is 0. The fraction of sp³-hybridized carbons (Fsp3) is 0. The minimum Gasteiger partial charge on any atom is -0.512 e. The normalized spacial score (nSPS) is 0.800. The van der Waals surface area contributed by atoms with Crippen LogP contribution >= 0.6 is 0 Å². The van der Waals surface area contributed by atoms with Gasteiger partial charge in [-0.25, -0.2) is 0 Å². The molecule has 0 aromatic rings. The van der Waals surface area contributed by atoms with Gasteiger partial charge in [0.15, 0.2) is 0 Å². The summed E-state index contributed by atoms with van der Waals surface area (Å²) in [5.41, 5.74) is 0. The molecule has 47 valence electrons. The van der Waals surface area contributed by atoms with Crippen molar-refractivity contribution in [1.29, 1.82) is 21.0 Å². The molecule has 0 saturated heterocycles. The molecule has 1 radical (unpaired) electrons. The van der Waals surface area contributed by atoms with E-state index in [1.54, 1.807) is 0 Å². The molecule has 4 nitrogen and oxygen atoms in total. The van der Waals surface area contributed by atoms with Gasteiger partial charge in [0.25, 0.3) is 0 Å². The average Bonchev–Trinajstić information content (AvgIpc) is 2.03. The second-order valence-corrected chi connectivity index (χ2v) is 0. The van der Waals surface area contributed by atoms with Crippen LogP contribution in [-0.2, 0) is 21.1 Å². The van der Waals surface area contributed by atoms with Crippen molar-refractivity contribution in [2.24, 2.45) is 0 Å². The fourth-order valence-corrected chi connectivity index (χ4v) is 0. The molecule has 0 rings (SSSR count). The molecule has 6 heteroatoms. The third-order valence-electron chi connectivity index (χ3n) is 0. The molecule has 0 aliphatic rings. The molecular formula is C4KN4Pt. The van der Waals surface area contributed by atoms with Crippen molar-refractivity contribution in [2.45, 2.75) is 0 Å². The van der Waals surface area contributed by atoms with E-state index in [1.807, 2.05) is 0 Å². The van der Waals surface area contributed by atoms with Gasteiger partial charge in [-0.1, -0.05) is 0 Å². The summed E-state index contributed by atoms with van der Waals surface area (Å²) >= 11 is 0. The van der Waals surface area contributed by atoms with Gasteiger partial charge in [0, 0.05) is 51.4 Å². The van der Waals surface area contributed by atoms with E-state index in [9.17, 15) is 0 Å². The predicted octanol–water partition coefficient (Wildman–Crippen LogP) is 0.00218. The van der Waals surface area contributed by atoms with Crippen molar-refractivity contribution in [3.63, 3.8) is 0 Å². The molecule has 0 saturated carbocycles. The SMILES string of the molecule is [C-]#N.[C-]#N.[C-]#N.[C-]#N.[K].[Pt+4]. The Hall–Kier alpha value is 0.285. The van der Waals surface area contributed by atoms with E-state index in [4.69, 9.17) is 47.3 Å². The molecule has 0 N–H and O–H groups in total. The maximum Gasteiger partial charge on any atom is 4.00 e. The zero-order valence-electron chi connectivity index (χ0n) is 5.11. The van der Waals surface area contributed by atoms with Gasteiger partial charge in [0.05, 0.1) is 0 Å². The largest absolute Gasteiger partial charge is 4.00 e. The first-order chi connectivity index (χ1) is 4.00. The summed E-state index contributed by atoms with van der Waals surface area (Å²) in [6.07, 6.45) is 0. The van der Waals surface area contributed by atoms with Crippen molar-refractivity contribution in [1.82, 2.24) is 0 Å². The molecule has 0 unspecified atom stereocenters. The smallest absolute Gasteiger partial charge is 0.512 e. The van der Waals surface area contributed by atoms with Gasteiger partial charge < -0.3 is 47.3 Å².